The van der Waals surface area contributed by atoms with Crippen LogP contribution in [-0.4, -0.2) is 26.3 Å². The van der Waals surface area contributed by atoms with Crippen molar-refractivity contribution < 1.29 is 13.2 Å². The number of halogens is 1. The molecule has 2 aromatic carbocycles. The molecule has 1 heterocycles. The van der Waals surface area contributed by atoms with Crippen molar-refractivity contribution in [2.75, 3.05) is 17.0 Å². The zero-order valence-corrected chi connectivity index (χ0v) is 14.4. The molecule has 2 N–H and O–H groups in total. The Morgan fingerprint density at radius 1 is 1.13 bits per heavy atom. The zero-order valence-electron chi connectivity index (χ0n) is 12.0. The van der Waals surface area contributed by atoms with Gasteiger partial charge in [0.15, 0.2) is 15.5 Å². The molecule has 0 bridgehead atoms. The molecule has 3 rings (SSSR count). The van der Waals surface area contributed by atoms with Crippen molar-refractivity contribution in [2.24, 2.45) is 5.10 Å². The summed E-state index contributed by atoms with van der Waals surface area (Å²) >= 11 is 3.36. The van der Waals surface area contributed by atoms with Crippen LogP contribution < -0.4 is 10.7 Å². The molecule has 23 heavy (non-hydrogen) atoms. The van der Waals surface area contributed by atoms with Gasteiger partial charge in [-0.15, -0.1) is 0 Å². The van der Waals surface area contributed by atoms with Crippen LogP contribution in [0.3, 0.4) is 0 Å². The minimum Gasteiger partial charge on any atom is -0.320 e. The Hall–Kier alpha value is -2.19. The van der Waals surface area contributed by atoms with Crippen LogP contribution in [0.25, 0.3) is 0 Å². The van der Waals surface area contributed by atoms with E-state index in [0.29, 0.717) is 16.9 Å². The second kappa shape index (κ2) is 5.78. The van der Waals surface area contributed by atoms with Gasteiger partial charge in [-0.2, -0.15) is 5.10 Å². The first-order valence-corrected chi connectivity index (χ1v) is 9.28. The third kappa shape index (κ3) is 3.27. The number of carbonyl (C=O) groups is 1. The summed E-state index contributed by atoms with van der Waals surface area (Å²) in [5.74, 6) is -0.293. The minimum atomic E-state index is -3.24. The molecular formula is C15H12BrN3O3S. The Labute approximate surface area is 141 Å². The van der Waals surface area contributed by atoms with Gasteiger partial charge in [-0.3, -0.25) is 10.2 Å². The lowest BCUT2D eigenvalue weighted by Gasteiger charge is -2.03. The van der Waals surface area contributed by atoms with Gasteiger partial charge in [-0.1, -0.05) is 15.9 Å². The third-order valence-corrected chi connectivity index (χ3v) is 4.90. The Bertz CT molecular complexity index is 921. The van der Waals surface area contributed by atoms with Gasteiger partial charge in [0.1, 0.15) is 0 Å². The molecule has 0 saturated heterocycles. The van der Waals surface area contributed by atoms with Crippen LogP contribution in [0, 0.1) is 0 Å². The fraction of sp³-hybridized carbons (Fsp3) is 0.0667. The predicted molar refractivity (Wildman–Crippen MR) is 92.5 cm³/mol. The van der Waals surface area contributed by atoms with Crippen LogP contribution in [0.2, 0.25) is 0 Å². The van der Waals surface area contributed by atoms with E-state index >= 15 is 0 Å². The number of hydrogen-bond donors (Lipinski definition) is 2. The quantitative estimate of drug-likeness (QED) is 0.784. The normalized spacial score (nSPS) is 15.4. The van der Waals surface area contributed by atoms with Crippen molar-refractivity contribution in [1.29, 1.82) is 0 Å². The van der Waals surface area contributed by atoms with Gasteiger partial charge in [0, 0.05) is 16.3 Å². The number of fused-ring (bicyclic) bond motifs is 1. The first kappa shape index (κ1) is 15.7. The van der Waals surface area contributed by atoms with E-state index in [1.54, 1.807) is 24.3 Å². The van der Waals surface area contributed by atoms with Gasteiger partial charge in [-0.25, -0.2) is 8.42 Å². The highest BCUT2D eigenvalue weighted by molar-refractivity contribution is 9.10. The topological polar surface area (TPSA) is 87.6 Å². The lowest BCUT2D eigenvalue weighted by Crippen LogP contribution is -2.15. The zero-order chi connectivity index (χ0) is 16.6. The average Bonchev–Trinajstić information content (AvgIpc) is 2.79. The van der Waals surface area contributed by atoms with Crippen LogP contribution in [0.1, 0.15) is 5.56 Å². The van der Waals surface area contributed by atoms with Crippen molar-refractivity contribution in [3.8, 4) is 0 Å². The van der Waals surface area contributed by atoms with E-state index in [0.717, 1.165) is 10.7 Å². The number of hydrazone groups is 1. The summed E-state index contributed by atoms with van der Waals surface area (Å²) in [5, 5.41) is 6.86. The Balaban J connectivity index is 1.86. The lowest BCUT2D eigenvalue weighted by atomic mass is 10.1. The van der Waals surface area contributed by atoms with E-state index in [1.807, 2.05) is 6.07 Å². The van der Waals surface area contributed by atoms with E-state index in [1.165, 1.54) is 12.1 Å². The summed E-state index contributed by atoms with van der Waals surface area (Å²) in [4.78, 5) is 12.2. The average molecular weight is 394 g/mol. The maximum atomic E-state index is 12.0. The highest BCUT2D eigenvalue weighted by atomic mass is 79.9. The van der Waals surface area contributed by atoms with E-state index < -0.39 is 9.84 Å². The molecule has 2 aromatic rings. The van der Waals surface area contributed by atoms with Crippen LogP contribution in [0.15, 0.2) is 56.9 Å². The summed E-state index contributed by atoms with van der Waals surface area (Å²) in [7, 11) is -3.24. The molecular weight excluding hydrogens is 382 g/mol. The van der Waals surface area contributed by atoms with Gasteiger partial charge in [0.2, 0.25) is 0 Å². The largest absolute Gasteiger partial charge is 0.320 e. The van der Waals surface area contributed by atoms with E-state index in [-0.39, 0.29) is 16.5 Å². The van der Waals surface area contributed by atoms with Gasteiger partial charge in [0.05, 0.1) is 16.3 Å². The molecule has 0 saturated carbocycles. The summed E-state index contributed by atoms with van der Waals surface area (Å²) in [6.45, 7) is 0. The van der Waals surface area contributed by atoms with Crippen LogP contribution in [-0.2, 0) is 14.6 Å². The second-order valence-electron chi connectivity index (χ2n) is 5.01. The smallest absolute Gasteiger partial charge is 0.276 e. The van der Waals surface area contributed by atoms with E-state index in [4.69, 9.17) is 0 Å². The van der Waals surface area contributed by atoms with E-state index in [2.05, 4.69) is 31.8 Å². The molecule has 0 unspecified atom stereocenters. The third-order valence-electron chi connectivity index (χ3n) is 3.28. The maximum Gasteiger partial charge on any atom is 0.276 e. The molecule has 0 atom stereocenters. The standard InChI is InChI=1S/C15H12BrN3O3S/c1-23(21,22)11-5-3-10(4-6-11)18-19-14-12-8-9(16)2-7-13(12)17-15(14)20/h2-8,18H,1H3,(H,17,19,20). The number of anilines is 2. The fourth-order valence-corrected chi connectivity index (χ4v) is 3.12. The summed E-state index contributed by atoms with van der Waals surface area (Å²) in [5.41, 5.74) is 5.03. The highest BCUT2D eigenvalue weighted by Crippen LogP contribution is 2.27. The number of nitrogens with one attached hydrogen (secondary N) is 2. The molecule has 0 radical (unpaired) electrons. The van der Waals surface area contributed by atoms with Crippen molar-refractivity contribution in [3.63, 3.8) is 0 Å². The first-order valence-electron chi connectivity index (χ1n) is 6.60. The number of amides is 1. The Morgan fingerprint density at radius 2 is 1.83 bits per heavy atom. The van der Waals surface area contributed by atoms with E-state index in [9.17, 15) is 13.2 Å². The second-order valence-corrected chi connectivity index (χ2v) is 7.94. The SMILES string of the molecule is CS(=O)(=O)c1ccc(N/N=C2\C(=O)Nc3ccc(Br)cc32)cc1. The number of benzene rings is 2. The van der Waals surface area contributed by atoms with Crippen LogP contribution in [0.5, 0.6) is 0 Å². The summed E-state index contributed by atoms with van der Waals surface area (Å²) < 4.78 is 23.7. The molecule has 1 aliphatic rings. The van der Waals surface area contributed by atoms with Gasteiger partial charge >= 0.3 is 0 Å². The number of hydrogen-bond acceptors (Lipinski definition) is 5. The molecule has 0 aromatic heterocycles. The Kier molecular flexibility index (Phi) is 3.95. The monoisotopic (exact) mass is 393 g/mol. The van der Waals surface area contributed by atoms with Crippen molar-refractivity contribution >= 4 is 48.8 Å². The molecule has 6 nitrogen and oxygen atoms in total. The number of rotatable bonds is 3. The first-order chi connectivity index (χ1) is 10.8. The van der Waals surface area contributed by atoms with Gasteiger partial charge in [0.25, 0.3) is 5.91 Å². The van der Waals surface area contributed by atoms with Gasteiger partial charge < -0.3 is 5.32 Å². The Morgan fingerprint density at radius 3 is 2.48 bits per heavy atom. The lowest BCUT2D eigenvalue weighted by molar-refractivity contribution is -0.110. The van der Waals surface area contributed by atoms with Crippen LogP contribution in [0.4, 0.5) is 11.4 Å². The number of sulfone groups is 1. The van der Waals surface area contributed by atoms with Crippen LogP contribution >= 0.6 is 15.9 Å². The molecule has 1 aliphatic heterocycles. The predicted octanol–water partition coefficient (Wildman–Crippen LogP) is 2.62. The highest BCUT2D eigenvalue weighted by Gasteiger charge is 2.26. The number of nitrogens with zero attached hydrogens (tertiary/aromatic N) is 1. The van der Waals surface area contributed by atoms with Crippen molar-refractivity contribution in [2.45, 2.75) is 4.90 Å². The maximum absolute atomic E-state index is 12.0. The molecule has 118 valence electrons. The molecule has 0 fully saturated rings. The summed E-state index contributed by atoms with van der Waals surface area (Å²) in [6.07, 6.45) is 1.15. The molecule has 8 heteroatoms. The van der Waals surface area contributed by atoms with Crippen molar-refractivity contribution in [1.82, 2.24) is 0 Å². The molecule has 1 amide bonds. The van der Waals surface area contributed by atoms with Crippen molar-refractivity contribution in [3.05, 3.63) is 52.5 Å². The molecule has 0 aliphatic carbocycles. The number of carbonyl (C=O) groups excluding carboxylic acids is 1. The molecule has 0 spiro atoms. The van der Waals surface area contributed by atoms with Gasteiger partial charge in [-0.05, 0) is 42.5 Å². The minimum absolute atomic E-state index is 0.226. The fourth-order valence-electron chi connectivity index (χ4n) is 2.13. The summed E-state index contributed by atoms with van der Waals surface area (Å²) in [6, 6.07) is 11.6.